The van der Waals surface area contributed by atoms with Gasteiger partial charge < -0.3 is 5.73 Å². The van der Waals surface area contributed by atoms with Crippen molar-refractivity contribution in [2.24, 2.45) is 5.73 Å². The first-order valence-electron chi connectivity index (χ1n) is 5.77. The summed E-state index contributed by atoms with van der Waals surface area (Å²) in [5.41, 5.74) is 7.34. The average Bonchev–Trinajstić information content (AvgIpc) is 2.82. The zero-order valence-electron chi connectivity index (χ0n) is 9.81. The molecule has 1 heterocycles. The quantitative estimate of drug-likeness (QED) is 0.858. The second-order valence-corrected chi connectivity index (χ2v) is 5.26. The maximum atomic E-state index is 6.05. The van der Waals surface area contributed by atoms with Crippen molar-refractivity contribution in [3.63, 3.8) is 0 Å². The molecule has 2 rings (SSSR count). The molecule has 4 nitrogen and oxygen atoms in total. The van der Waals surface area contributed by atoms with Gasteiger partial charge in [0.15, 0.2) is 0 Å². The van der Waals surface area contributed by atoms with E-state index in [9.17, 15) is 0 Å². The average molecular weight is 330 g/mol. The Kier molecular flexibility index (Phi) is 4.74. The minimum Gasteiger partial charge on any atom is -0.330 e. The Bertz CT molecular complexity index is 527. The summed E-state index contributed by atoms with van der Waals surface area (Å²) in [6.45, 7) is 0.719. The lowest BCUT2D eigenvalue weighted by molar-refractivity contribution is 0.727. The van der Waals surface area contributed by atoms with Gasteiger partial charge in [0.25, 0.3) is 0 Å². The molecule has 1 aromatic heterocycles. The first-order valence-corrected chi connectivity index (χ1v) is 6.94. The first kappa shape index (κ1) is 13.5. The number of aryl methyl sites for hydroxylation is 1. The van der Waals surface area contributed by atoms with Crippen LogP contribution in [0.1, 0.15) is 18.5 Å². The van der Waals surface area contributed by atoms with Crippen LogP contribution >= 0.6 is 27.5 Å². The number of hydrogen-bond donors (Lipinski definition) is 1. The molecule has 96 valence electrons. The number of hydrogen-bond acceptors (Lipinski definition) is 3. The van der Waals surface area contributed by atoms with Gasteiger partial charge in [0.05, 0.1) is 22.6 Å². The van der Waals surface area contributed by atoms with Crippen LogP contribution in [0.5, 0.6) is 0 Å². The Hall–Kier alpha value is -0.910. The molecule has 0 saturated carbocycles. The van der Waals surface area contributed by atoms with E-state index in [0.717, 1.165) is 41.7 Å². The minimum absolute atomic E-state index is 0.660. The smallest absolute Gasteiger partial charge is 0.0831 e. The van der Waals surface area contributed by atoms with Crippen molar-refractivity contribution in [2.75, 3.05) is 6.54 Å². The maximum absolute atomic E-state index is 6.05. The van der Waals surface area contributed by atoms with Crippen LogP contribution in [0.3, 0.4) is 0 Å². The molecule has 0 aliphatic carbocycles. The molecule has 0 aliphatic rings. The SMILES string of the molecule is NCCCCc1cn(-c2ccc(Br)c(Cl)c2)nn1. The molecule has 0 radical (unpaired) electrons. The van der Waals surface area contributed by atoms with Gasteiger partial charge in [-0.3, -0.25) is 0 Å². The number of nitrogens with two attached hydrogens (primary N) is 1. The molecule has 1 aromatic carbocycles. The molecule has 0 saturated heterocycles. The molecular weight excluding hydrogens is 316 g/mol. The minimum atomic E-state index is 0.660. The van der Waals surface area contributed by atoms with Gasteiger partial charge in [0.2, 0.25) is 0 Å². The van der Waals surface area contributed by atoms with E-state index in [-0.39, 0.29) is 0 Å². The molecule has 6 heteroatoms. The molecule has 2 aromatic rings. The van der Waals surface area contributed by atoms with Crippen molar-refractivity contribution in [1.82, 2.24) is 15.0 Å². The second kappa shape index (κ2) is 6.31. The largest absolute Gasteiger partial charge is 0.330 e. The molecular formula is C12H14BrClN4. The van der Waals surface area contributed by atoms with Crippen LogP contribution in [0.4, 0.5) is 0 Å². The number of halogens is 2. The topological polar surface area (TPSA) is 56.7 Å². The van der Waals surface area contributed by atoms with Crippen LogP contribution in [-0.4, -0.2) is 21.5 Å². The van der Waals surface area contributed by atoms with Gasteiger partial charge in [0.1, 0.15) is 0 Å². The number of nitrogens with zero attached hydrogens (tertiary/aromatic N) is 3. The Balaban J connectivity index is 2.11. The predicted octanol–water partition coefficient (Wildman–Crippen LogP) is 2.96. The Morgan fingerprint density at radius 2 is 2.17 bits per heavy atom. The number of unbranched alkanes of at least 4 members (excludes halogenated alkanes) is 1. The van der Waals surface area contributed by atoms with Gasteiger partial charge in [0, 0.05) is 4.47 Å². The lowest BCUT2D eigenvalue weighted by Crippen LogP contribution is -1.99. The molecule has 18 heavy (non-hydrogen) atoms. The molecule has 2 N–H and O–H groups in total. The van der Waals surface area contributed by atoms with E-state index in [1.165, 1.54) is 0 Å². The molecule has 0 bridgehead atoms. The van der Waals surface area contributed by atoms with Crippen molar-refractivity contribution < 1.29 is 0 Å². The summed E-state index contributed by atoms with van der Waals surface area (Å²) >= 11 is 9.41. The van der Waals surface area contributed by atoms with Gasteiger partial charge >= 0.3 is 0 Å². The highest BCUT2D eigenvalue weighted by Crippen LogP contribution is 2.24. The lowest BCUT2D eigenvalue weighted by Gasteiger charge is -2.01. The van der Waals surface area contributed by atoms with Crippen LogP contribution in [0.2, 0.25) is 5.02 Å². The Labute approximate surface area is 119 Å². The predicted molar refractivity (Wildman–Crippen MR) is 76.1 cm³/mol. The zero-order chi connectivity index (χ0) is 13.0. The summed E-state index contributed by atoms with van der Waals surface area (Å²) in [5, 5.41) is 8.89. The molecule has 0 amide bonds. The summed E-state index contributed by atoms with van der Waals surface area (Å²) in [6.07, 6.45) is 4.88. The van der Waals surface area contributed by atoms with Crippen molar-refractivity contribution in [1.29, 1.82) is 0 Å². The fourth-order valence-electron chi connectivity index (χ4n) is 1.62. The number of benzene rings is 1. The van der Waals surface area contributed by atoms with Crippen LogP contribution in [0, 0.1) is 0 Å². The summed E-state index contributed by atoms with van der Waals surface area (Å²) in [4.78, 5) is 0. The van der Waals surface area contributed by atoms with Crippen LogP contribution in [0.25, 0.3) is 5.69 Å². The van der Waals surface area contributed by atoms with Gasteiger partial charge in [-0.2, -0.15) is 0 Å². The second-order valence-electron chi connectivity index (χ2n) is 4.00. The lowest BCUT2D eigenvalue weighted by atomic mass is 10.2. The molecule has 0 fully saturated rings. The number of aromatic nitrogens is 3. The third kappa shape index (κ3) is 3.31. The normalized spacial score (nSPS) is 10.8. The fourth-order valence-corrected chi connectivity index (χ4v) is 2.04. The van der Waals surface area contributed by atoms with E-state index in [0.29, 0.717) is 5.02 Å². The third-order valence-corrected chi connectivity index (χ3v) is 3.83. The Morgan fingerprint density at radius 1 is 1.33 bits per heavy atom. The van der Waals surface area contributed by atoms with Crippen LogP contribution in [0.15, 0.2) is 28.9 Å². The van der Waals surface area contributed by atoms with Gasteiger partial charge in [-0.1, -0.05) is 16.8 Å². The van der Waals surface area contributed by atoms with Crippen LogP contribution in [-0.2, 0) is 6.42 Å². The highest BCUT2D eigenvalue weighted by Gasteiger charge is 2.05. The van der Waals surface area contributed by atoms with Crippen molar-refractivity contribution in [2.45, 2.75) is 19.3 Å². The third-order valence-electron chi connectivity index (χ3n) is 2.60. The fraction of sp³-hybridized carbons (Fsp3) is 0.333. The van der Waals surface area contributed by atoms with Crippen molar-refractivity contribution >= 4 is 27.5 Å². The van der Waals surface area contributed by atoms with Gasteiger partial charge in [-0.15, -0.1) is 5.10 Å². The van der Waals surface area contributed by atoms with E-state index >= 15 is 0 Å². The standard InChI is InChI=1S/C12H14BrClN4/c13-11-5-4-10(7-12(11)14)18-8-9(16-17-18)3-1-2-6-15/h4-5,7-8H,1-3,6,15H2. The molecule has 0 spiro atoms. The maximum Gasteiger partial charge on any atom is 0.0831 e. The molecule has 0 aliphatic heterocycles. The number of rotatable bonds is 5. The van der Waals surface area contributed by atoms with Crippen LogP contribution < -0.4 is 5.73 Å². The van der Waals surface area contributed by atoms with E-state index in [4.69, 9.17) is 17.3 Å². The highest BCUT2D eigenvalue weighted by atomic mass is 79.9. The van der Waals surface area contributed by atoms with Gasteiger partial charge in [-0.25, -0.2) is 4.68 Å². The van der Waals surface area contributed by atoms with E-state index in [1.807, 2.05) is 24.4 Å². The summed E-state index contributed by atoms with van der Waals surface area (Å²) < 4.78 is 2.60. The molecule has 0 unspecified atom stereocenters. The molecule has 0 atom stereocenters. The zero-order valence-corrected chi connectivity index (χ0v) is 12.2. The summed E-state index contributed by atoms with van der Waals surface area (Å²) in [6, 6.07) is 5.69. The van der Waals surface area contributed by atoms with E-state index in [1.54, 1.807) is 4.68 Å². The first-order chi connectivity index (χ1) is 8.70. The monoisotopic (exact) mass is 328 g/mol. The summed E-state index contributed by atoms with van der Waals surface area (Å²) in [5.74, 6) is 0. The van der Waals surface area contributed by atoms with Crippen molar-refractivity contribution in [3.8, 4) is 5.69 Å². The van der Waals surface area contributed by atoms with E-state index < -0.39 is 0 Å². The van der Waals surface area contributed by atoms with Crippen molar-refractivity contribution in [3.05, 3.63) is 39.6 Å². The Morgan fingerprint density at radius 3 is 2.89 bits per heavy atom. The summed E-state index contributed by atoms with van der Waals surface area (Å²) in [7, 11) is 0. The highest BCUT2D eigenvalue weighted by molar-refractivity contribution is 9.10. The van der Waals surface area contributed by atoms with Gasteiger partial charge in [-0.05, 0) is 59.9 Å². The van der Waals surface area contributed by atoms with E-state index in [2.05, 4.69) is 26.2 Å².